The third-order valence-electron chi connectivity index (χ3n) is 3.85. The molecule has 4 nitrogen and oxygen atoms in total. The highest BCUT2D eigenvalue weighted by Gasteiger charge is 2.30. The number of oxime groups is 1. The molecule has 0 aromatic rings. The number of rotatable bonds is 5. The smallest absolute Gasteiger partial charge is 0.306 e. The van der Waals surface area contributed by atoms with Crippen molar-refractivity contribution >= 4 is 12.2 Å². The molecule has 0 aliphatic heterocycles. The van der Waals surface area contributed by atoms with Crippen molar-refractivity contribution < 1.29 is 15.1 Å². The molecule has 1 rings (SSSR count). The maximum Gasteiger partial charge on any atom is 0.306 e. The van der Waals surface area contributed by atoms with Gasteiger partial charge in [-0.25, -0.2) is 0 Å². The second-order valence-electron chi connectivity index (χ2n) is 4.89. The minimum Gasteiger partial charge on any atom is -0.481 e. The van der Waals surface area contributed by atoms with Gasteiger partial charge in [0.1, 0.15) is 0 Å². The summed E-state index contributed by atoms with van der Waals surface area (Å²) in [4.78, 5) is 11.0. The van der Waals surface area contributed by atoms with Gasteiger partial charge in [-0.05, 0) is 42.7 Å². The molecule has 100 valence electrons. The zero-order valence-electron chi connectivity index (χ0n) is 10.7. The van der Waals surface area contributed by atoms with Gasteiger partial charge in [-0.2, -0.15) is 0 Å². The molecule has 18 heavy (non-hydrogen) atoms. The van der Waals surface area contributed by atoms with Crippen molar-refractivity contribution in [2.24, 2.45) is 22.9 Å². The van der Waals surface area contributed by atoms with Gasteiger partial charge in [-0.1, -0.05) is 31.2 Å². The molecule has 3 atom stereocenters. The van der Waals surface area contributed by atoms with Crippen LogP contribution < -0.4 is 0 Å². The summed E-state index contributed by atoms with van der Waals surface area (Å²) in [5.41, 5.74) is 1.02. The molecular weight excluding hydrogens is 230 g/mol. The highest BCUT2D eigenvalue weighted by Crippen LogP contribution is 2.37. The quantitative estimate of drug-likeness (QED) is 0.341. The number of carbonyl (C=O) groups is 1. The van der Waals surface area contributed by atoms with Crippen LogP contribution in [0.4, 0.5) is 0 Å². The Morgan fingerprint density at radius 3 is 2.78 bits per heavy atom. The number of carboxylic acids is 1. The fourth-order valence-electron chi connectivity index (χ4n) is 2.68. The second-order valence-corrected chi connectivity index (χ2v) is 4.89. The number of aliphatic carboxylic acids is 1. The molecule has 2 N–H and O–H groups in total. The van der Waals surface area contributed by atoms with Gasteiger partial charge in [0.25, 0.3) is 0 Å². The van der Waals surface area contributed by atoms with E-state index in [0.29, 0.717) is 5.92 Å². The van der Waals surface area contributed by atoms with E-state index in [2.05, 4.69) is 11.7 Å². The molecule has 1 aliphatic carbocycles. The van der Waals surface area contributed by atoms with E-state index in [1.807, 2.05) is 0 Å². The third kappa shape index (κ3) is 3.72. The molecule has 4 heteroatoms. The molecule has 1 fully saturated rings. The number of carboxylic acid groups (broad SMARTS) is 1. The van der Waals surface area contributed by atoms with Crippen LogP contribution >= 0.6 is 0 Å². The van der Waals surface area contributed by atoms with Crippen molar-refractivity contribution in [3.63, 3.8) is 0 Å². The van der Waals surface area contributed by atoms with Crippen LogP contribution in [0.15, 0.2) is 29.5 Å². The van der Waals surface area contributed by atoms with E-state index in [1.54, 1.807) is 19.1 Å². The van der Waals surface area contributed by atoms with E-state index < -0.39 is 5.97 Å². The van der Waals surface area contributed by atoms with Gasteiger partial charge in [0.15, 0.2) is 0 Å². The van der Waals surface area contributed by atoms with Crippen LogP contribution in [0.25, 0.3) is 0 Å². The number of nitrogens with zero attached hydrogens (tertiary/aromatic N) is 1. The van der Waals surface area contributed by atoms with Crippen molar-refractivity contribution in [2.75, 3.05) is 0 Å². The second kappa shape index (κ2) is 6.99. The van der Waals surface area contributed by atoms with E-state index in [1.165, 1.54) is 6.21 Å². The first-order valence-electron chi connectivity index (χ1n) is 6.33. The lowest BCUT2D eigenvalue weighted by molar-refractivity contribution is -0.143. The fourth-order valence-corrected chi connectivity index (χ4v) is 2.68. The Morgan fingerprint density at radius 1 is 1.50 bits per heavy atom. The average molecular weight is 251 g/mol. The summed E-state index contributed by atoms with van der Waals surface area (Å²) < 4.78 is 0. The first-order valence-corrected chi connectivity index (χ1v) is 6.33. The third-order valence-corrected chi connectivity index (χ3v) is 3.85. The van der Waals surface area contributed by atoms with E-state index in [0.717, 1.165) is 31.3 Å². The van der Waals surface area contributed by atoms with Gasteiger partial charge in [0, 0.05) is 0 Å². The van der Waals surface area contributed by atoms with Gasteiger partial charge in [0.2, 0.25) is 0 Å². The zero-order valence-corrected chi connectivity index (χ0v) is 10.7. The predicted molar refractivity (Wildman–Crippen MR) is 70.8 cm³/mol. The summed E-state index contributed by atoms with van der Waals surface area (Å²) in [5, 5.41) is 20.5. The lowest BCUT2D eigenvalue weighted by Gasteiger charge is -2.32. The Hall–Kier alpha value is -1.58. The van der Waals surface area contributed by atoms with Gasteiger partial charge in [-0.15, -0.1) is 0 Å². The summed E-state index contributed by atoms with van der Waals surface area (Å²) in [6, 6.07) is 0. The Bertz CT molecular complexity index is 360. The van der Waals surface area contributed by atoms with E-state index in [-0.39, 0.29) is 11.8 Å². The molecule has 1 aliphatic rings. The largest absolute Gasteiger partial charge is 0.481 e. The number of allylic oxidation sites excluding steroid dienone is 3. The van der Waals surface area contributed by atoms with Crippen LogP contribution in [0.2, 0.25) is 0 Å². The van der Waals surface area contributed by atoms with E-state index >= 15 is 0 Å². The summed E-state index contributed by atoms with van der Waals surface area (Å²) in [6.07, 6.45) is 8.76. The molecule has 0 amide bonds. The van der Waals surface area contributed by atoms with Crippen LogP contribution in [0.1, 0.15) is 32.6 Å². The zero-order chi connectivity index (χ0) is 13.5. The van der Waals surface area contributed by atoms with Gasteiger partial charge >= 0.3 is 5.97 Å². The summed E-state index contributed by atoms with van der Waals surface area (Å²) >= 11 is 0. The molecule has 0 spiro atoms. The highest BCUT2D eigenvalue weighted by atomic mass is 16.4. The normalized spacial score (nSPS) is 27.1. The Labute approximate surface area is 108 Å². The standard InChI is InChI=1S/C14H21NO3/c1-3-11(7-8-15-18)13-6-4-5-12(9-13)10(2)14(16)17/h3,7-8,10,12-13,18H,1,4-6,9H2,2H3,(H,16,17)/b11-7+,15-8+. The molecule has 0 heterocycles. The number of hydrogen-bond acceptors (Lipinski definition) is 3. The molecule has 0 aromatic carbocycles. The first kappa shape index (κ1) is 14.5. The first-order chi connectivity index (χ1) is 8.60. The maximum atomic E-state index is 11.0. The molecule has 1 saturated carbocycles. The lowest BCUT2D eigenvalue weighted by atomic mass is 9.73. The van der Waals surface area contributed by atoms with Crippen molar-refractivity contribution in [1.82, 2.24) is 0 Å². The van der Waals surface area contributed by atoms with Crippen molar-refractivity contribution in [2.45, 2.75) is 32.6 Å². The van der Waals surface area contributed by atoms with E-state index in [9.17, 15) is 4.79 Å². The topological polar surface area (TPSA) is 69.9 Å². The van der Waals surface area contributed by atoms with Crippen LogP contribution in [0, 0.1) is 17.8 Å². The SMILES string of the molecule is C=C/C(=C\C=N\O)C1CCCC(C(C)C(=O)O)C1. The maximum absolute atomic E-state index is 11.0. The molecule has 0 saturated heterocycles. The van der Waals surface area contributed by atoms with Crippen molar-refractivity contribution in [3.8, 4) is 0 Å². The predicted octanol–water partition coefficient (Wildman–Crippen LogP) is 3.09. The average Bonchev–Trinajstić information content (AvgIpc) is 2.39. The van der Waals surface area contributed by atoms with Crippen LogP contribution in [0.3, 0.4) is 0 Å². The molecule has 0 aromatic heterocycles. The molecular formula is C14H21NO3. The fraction of sp³-hybridized carbons (Fsp3) is 0.571. The summed E-state index contributed by atoms with van der Waals surface area (Å²) in [5.74, 6) is -0.483. The summed E-state index contributed by atoms with van der Waals surface area (Å²) in [7, 11) is 0. The van der Waals surface area contributed by atoms with Gasteiger partial charge in [0.05, 0.1) is 12.1 Å². The molecule has 0 radical (unpaired) electrons. The Balaban J connectivity index is 2.73. The van der Waals surface area contributed by atoms with Crippen molar-refractivity contribution in [3.05, 3.63) is 24.3 Å². The van der Waals surface area contributed by atoms with Crippen LogP contribution in [0.5, 0.6) is 0 Å². The monoisotopic (exact) mass is 251 g/mol. The Morgan fingerprint density at radius 2 is 2.22 bits per heavy atom. The van der Waals surface area contributed by atoms with Crippen LogP contribution in [-0.2, 0) is 4.79 Å². The molecule has 3 unspecified atom stereocenters. The van der Waals surface area contributed by atoms with Crippen molar-refractivity contribution in [1.29, 1.82) is 0 Å². The van der Waals surface area contributed by atoms with Gasteiger partial charge in [-0.3, -0.25) is 4.79 Å². The molecule has 0 bridgehead atoms. The van der Waals surface area contributed by atoms with Gasteiger partial charge < -0.3 is 10.3 Å². The summed E-state index contributed by atoms with van der Waals surface area (Å²) in [6.45, 7) is 5.55. The van der Waals surface area contributed by atoms with Crippen LogP contribution in [-0.4, -0.2) is 22.5 Å². The van der Waals surface area contributed by atoms with E-state index in [4.69, 9.17) is 10.3 Å². The highest BCUT2D eigenvalue weighted by molar-refractivity contribution is 5.72. The number of hydrogen-bond donors (Lipinski definition) is 2. The Kier molecular flexibility index (Phi) is 5.62. The lowest BCUT2D eigenvalue weighted by Crippen LogP contribution is -2.26. The minimum absolute atomic E-state index is 0.218. The minimum atomic E-state index is -0.721.